The summed E-state index contributed by atoms with van der Waals surface area (Å²) in [5.74, 6) is -1.01. The summed E-state index contributed by atoms with van der Waals surface area (Å²) in [5, 5.41) is 13.5. The minimum atomic E-state index is -4.36. The van der Waals surface area contributed by atoms with E-state index in [-0.39, 0.29) is 24.9 Å². The smallest absolute Gasteiger partial charge is 0.416 e. The van der Waals surface area contributed by atoms with Crippen LogP contribution in [0, 0.1) is 0 Å². The molecule has 2 amide bonds. The van der Waals surface area contributed by atoms with Crippen LogP contribution in [0.15, 0.2) is 24.3 Å². The van der Waals surface area contributed by atoms with E-state index in [0.717, 1.165) is 12.1 Å². The van der Waals surface area contributed by atoms with E-state index in [1.165, 1.54) is 6.07 Å². The Morgan fingerprint density at radius 1 is 1.26 bits per heavy atom. The molecule has 0 aromatic heterocycles. The quantitative estimate of drug-likeness (QED) is 0.777. The van der Waals surface area contributed by atoms with Crippen LogP contribution in [0.25, 0.3) is 0 Å². The molecule has 3 N–H and O–H groups in total. The maximum Gasteiger partial charge on any atom is 0.416 e. The van der Waals surface area contributed by atoms with Gasteiger partial charge in [-0.1, -0.05) is 18.2 Å². The maximum absolute atomic E-state index is 12.7. The number of benzene rings is 1. The normalized spacial score (nSPS) is 20.5. The Hall–Kier alpha value is -2.25. The lowest BCUT2D eigenvalue weighted by Gasteiger charge is -2.36. The first-order chi connectivity index (χ1) is 10.8. The van der Waals surface area contributed by atoms with Crippen LogP contribution in [0.4, 0.5) is 18.0 Å². The van der Waals surface area contributed by atoms with Crippen LogP contribution in [0.5, 0.6) is 0 Å². The first kappa shape index (κ1) is 17.1. The van der Waals surface area contributed by atoms with E-state index >= 15 is 0 Å². The molecule has 0 heterocycles. The fourth-order valence-electron chi connectivity index (χ4n) is 2.50. The minimum Gasteiger partial charge on any atom is -0.481 e. The second-order valence-corrected chi connectivity index (χ2v) is 5.53. The van der Waals surface area contributed by atoms with Crippen molar-refractivity contribution in [3.05, 3.63) is 35.4 Å². The molecule has 8 heteroatoms. The van der Waals surface area contributed by atoms with Gasteiger partial charge in [-0.3, -0.25) is 4.79 Å². The number of amides is 2. The molecular formula is C15H17F3N2O3. The fourth-order valence-corrected chi connectivity index (χ4v) is 2.50. The van der Waals surface area contributed by atoms with Crippen molar-refractivity contribution in [3.8, 4) is 0 Å². The van der Waals surface area contributed by atoms with Gasteiger partial charge in [0.2, 0.25) is 0 Å². The Kier molecular flexibility index (Phi) is 5.12. The molecule has 0 aliphatic heterocycles. The lowest BCUT2D eigenvalue weighted by atomic mass is 9.75. The van der Waals surface area contributed by atoms with Crippen LogP contribution in [0.2, 0.25) is 0 Å². The number of carboxylic acids is 1. The molecule has 0 unspecified atom stereocenters. The van der Waals surface area contributed by atoms with Gasteiger partial charge in [0.1, 0.15) is 0 Å². The molecule has 0 bridgehead atoms. The zero-order chi connectivity index (χ0) is 17.0. The van der Waals surface area contributed by atoms with Crippen LogP contribution >= 0.6 is 0 Å². The molecule has 0 saturated heterocycles. The number of alkyl halides is 3. The van der Waals surface area contributed by atoms with Gasteiger partial charge in [-0.15, -0.1) is 0 Å². The second-order valence-electron chi connectivity index (χ2n) is 5.53. The van der Waals surface area contributed by atoms with Gasteiger partial charge in [0.25, 0.3) is 0 Å². The summed E-state index contributed by atoms with van der Waals surface area (Å²) in [4.78, 5) is 21.8. The summed E-state index contributed by atoms with van der Waals surface area (Å²) in [6, 6.07) is 4.65. The van der Waals surface area contributed by atoms with Gasteiger partial charge in [-0.25, -0.2) is 4.79 Å². The molecule has 2 rings (SSSR count). The number of carbonyl (C=O) groups excluding carboxylic acids is 1. The number of aliphatic carboxylic acids is 1. The number of urea groups is 1. The number of hydrogen-bond acceptors (Lipinski definition) is 2. The molecule has 23 heavy (non-hydrogen) atoms. The number of halogens is 3. The van der Waals surface area contributed by atoms with Crippen molar-refractivity contribution < 1.29 is 27.9 Å². The van der Waals surface area contributed by atoms with Gasteiger partial charge in [-0.2, -0.15) is 13.2 Å². The predicted octanol–water partition coefficient (Wildman–Crippen LogP) is 2.73. The van der Waals surface area contributed by atoms with Gasteiger partial charge in [0, 0.05) is 12.6 Å². The Balaban J connectivity index is 1.78. The van der Waals surface area contributed by atoms with Gasteiger partial charge in [0.15, 0.2) is 0 Å². The van der Waals surface area contributed by atoms with E-state index in [1.807, 2.05) is 0 Å². The Labute approximate surface area is 130 Å². The molecule has 1 saturated carbocycles. The van der Waals surface area contributed by atoms with Crippen LogP contribution in [0.1, 0.15) is 36.3 Å². The Bertz CT molecular complexity index is 584. The highest BCUT2D eigenvalue weighted by Gasteiger charge is 2.34. The number of rotatable bonds is 5. The second kappa shape index (κ2) is 6.89. The molecule has 1 aliphatic carbocycles. The van der Waals surface area contributed by atoms with E-state index in [9.17, 15) is 22.8 Å². The molecule has 0 spiro atoms. The number of carbonyl (C=O) groups is 2. The van der Waals surface area contributed by atoms with Crippen LogP contribution in [-0.4, -0.2) is 29.7 Å². The highest BCUT2D eigenvalue weighted by Crippen LogP contribution is 2.39. The molecule has 1 fully saturated rings. The fraction of sp³-hybridized carbons (Fsp3) is 0.467. The van der Waals surface area contributed by atoms with Gasteiger partial charge >= 0.3 is 18.2 Å². The van der Waals surface area contributed by atoms with Crippen molar-refractivity contribution in [1.29, 1.82) is 0 Å². The first-order valence-electron chi connectivity index (χ1n) is 7.19. The van der Waals surface area contributed by atoms with Crippen molar-refractivity contribution in [2.75, 3.05) is 6.54 Å². The van der Waals surface area contributed by atoms with E-state index in [1.54, 1.807) is 6.07 Å². The lowest BCUT2D eigenvalue weighted by molar-refractivity contribution is -0.138. The van der Waals surface area contributed by atoms with Crippen molar-refractivity contribution in [3.63, 3.8) is 0 Å². The van der Waals surface area contributed by atoms with Gasteiger partial charge < -0.3 is 15.7 Å². The van der Waals surface area contributed by atoms with Gasteiger partial charge in [0.05, 0.1) is 12.0 Å². The molecule has 5 nitrogen and oxygen atoms in total. The van der Waals surface area contributed by atoms with Crippen LogP contribution in [-0.2, 0) is 11.0 Å². The molecule has 1 aromatic rings. The number of nitrogens with one attached hydrogen (secondary N) is 2. The monoisotopic (exact) mass is 330 g/mol. The zero-order valence-corrected chi connectivity index (χ0v) is 12.2. The van der Waals surface area contributed by atoms with Crippen molar-refractivity contribution >= 4 is 12.0 Å². The Morgan fingerprint density at radius 2 is 1.96 bits per heavy atom. The van der Waals surface area contributed by atoms with E-state index < -0.39 is 23.7 Å². The zero-order valence-electron chi connectivity index (χ0n) is 12.2. The predicted molar refractivity (Wildman–Crippen MR) is 76.0 cm³/mol. The molecule has 1 aliphatic rings. The highest BCUT2D eigenvalue weighted by molar-refractivity contribution is 5.75. The number of carboxylic acid groups (broad SMARTS) is 1. The standard InChI is InChI=1S/C15H17F3N2O3/c16-15(17,18)11-3-1-2-9(6-11)10-7-12(8-10)20-14(23)19-5-4-13(21)22/h1-3,6,10,12H,4-5,7-8H2,(H,21,22)(H2,19,20,23). The summed E-state index contributed by atoms with van der Waals surface area (Å²) >= 11 is 0. The molecule has 1 aromatic carbocycles. The summed E-state index contributed by atoms with van der Waals surface area (Å²) in [5.41, 5.74) is -0.0537. The molecular weight excluding hydrogens is 313 g/mol. The van der Waals surface area contributed by atoms with Crippen molar-refractivity contribution in [2.45, 2.75) is 37.4 Å². The lowest BCUT2D eigenvalue weighted by Crippen LogP contribution is -2.48. The summed E-state index contributed by atoms with van der Waals surface area (Å²) in [6.45, 7) is 0.0327. The third-order valence-corrected chi connectivity index (χ3v) is 3.78. The van der Waals surface area contributed by atoms with E-state index in [4.69, 9.17) is 5.11 Å². The molecule has 126 valence electrons. The molecule has 0 atom stereocenters. The molecule has 0 radical (unpaired) electrons. The van der Waals surface area contributed by atoms with Crippen LogP contribution in [0.3, 0.4) is 0 Å². The number of hydrogen-bond donors (Lipinski definition) is 3. The van der Waals surface area contributed by atoms with E-state index in [0.29, 0.717) is 18.4 Å². The average molecular weight is 330 g/mol. The third-order valence-electron chi connectivity index (χ3n) is 3.78. The largest absolute Gasteiger partial charge is 0.481 e. The topological polar surface area (TPSA) is 78.4 Å². The first-order valence-corrected chi connectivity index (χ1v) is 7.19. The maximum atomic E-state index is 12.7. The minimum absolute atomic E-state index is 0.0124. The van der Waals surface area contributed by atoms with Crippen molar-refractivity contribution in [2.24, 2.45) is 0 Å². The summed E-state index contributed by atoms with van der Waals surface area (Å²) < 4.78 is 38.0. The van der Waals surface area contributed by atoms with E-state index in [2.05, 4.69) is 10.6 Å². The third kappa shape index (κ3) is 4.87. The highest BCUT2D eigenvalue weighted by atomic mass is 19.4. The van der Waals surface area contributed by atoms with Crippen molar-refractivity contribution in [1.82, 2.24) is 10.6 Å². The van der Waals surface area contributed by atoms with Gasteiger partial charge in [-0.05, 0) is 30.4 Å². The average Bonchev–Trinajstić information content (AvgIpc) is 2.41. The van der Waals surface area contributed by atoms with Crippen LogP contribution < -0.4 is 10.6 Å². The SMILES string of the molecule is O=C(O)CCNC(=O)NC1CC(c2cccc(C(F)(F)F)c2)C1. The Morgan fingerprint density at radius 3 is 2.57 bits per heavy atom. The summed E-state index contributed by atoms with van der Waals surface area (Å²) in [7, 11) is 0. The summed E-state index contributed by atoms with van der Waals surface area (Å²) in [6.07, 6.45) is -3.40.